The highest BCUT2D eigenvalue weighted by atomic mass is 32.2. The van der Waals surface area contributed by atoms with E-state index in [1.54, 1.807) is 26.0 Å². The number of nitrogens with two attached hydrogens (primary N) is 1. The lowest BCUT2D eigenvalue weighted by atomic mass is 10.1. The average molecular weight is 283 g/mol. The molecule has 1 aliphatic rings. The van der Waals surface area contributed by atoms with Crippen LogP contribution in [0.25, 0.3) is 0 Å². The summed E-state index contributed by atoms with van der Waals surface area (Å²) in [6.07, 6.45) is 0. The van der Waals surface area contributed by atoms with Gasteiger partial charge in [0.25, 0.3) is 0 Å². The lowest BCUT2D eigenvalue weighted by Gasteiger charge is -2.27. The SMILES string of the molecule is Cc1ccc(N)c(C)c1S(=O)(=O)N1CCNC(=O)C1. The van der Waals surface area contributed by atoms with Crippen LogP contribution < -0.4 is 11.1 Å². The van der Waals surface area contributed by atoms with E-state index in [2.05, 4.69) is 5.32 Å². The average Bonchev–Trinajstić information content (AvgIpc) is 2.34. The van der Waals surface area contributed by atoms with Gasteiger partial charge in [-0.3, -0.25) is 4.79 Å². The van der Waals surface area contributed by atoms with Crippen molar-refractivity contribution in [2.24, 2.45) is 0 Å². The number of hydrogen-bond acceptors (Lipinski definition) is 4. The van der Waals surface area contributed by atoms with Crippen LogP contribution in [0.15, 0.2) is 17.0 Å². The Morgan fingerprint density at radius 2 is 2.00 bits per heavy atom. The van der Waals surface area contributed by atoms with Crippen LogP contribution in [0, 0.1) is 13.8 Å². The van der Waals surface area contributed by atoms with Gasteiger partial charge in [0.05, 0.1) is 11.4 Å². The fourth-order valence-corrected chi connectivity index (χ4v) is 4.05. The summed E-state index contributed by atoms with van der Waals surface area (Å²) in [5.74, 6) is -0.283. The van der Waals surface area contributed by atoms with Crippen LogP contribution in [0.1, 0.15) is 11.1 Å². The van der Waals surface area contributed by atoms with E-state index in [-0.39, 0.29) is 23.9 Å². The highest BCUT2D eigenvalue weighted by molar-refractivity contribution is 7.89. The van der Waals surface area contributed by atoms with Gasteiger partial charge in [0.2, 0.25) is 15.9 Å². The molecule has 0 radical (unpaired) electrons. The van der Waals surface area contributed by atoms with Crippen molar-refractivity contribution in [1.29, 1.82) is 0 Å². The van der Waals surface area contributed by atoms with Gasteiger partial charge < -0.3 is 11.1 Å². The highest BCUT2D eigenvalue weighted by Gasteiger charge is 2.31. The number of hydrogen-bond donors (Lipinski definition) is 2. The molecule has 1 aliphatic heterocycles. The van der Waals surface area contributed by atoms with Gasteiger partial charge in [0, 0.05) is 18.8 Å². The number of piperazine rings is 1. The van der Waals surface area contributed by atoms with Crippen molar-refractivity contribution in [3.63, 3.8) is 0 Å². The summed E-state index contributed by atoms with van der Waals surface area (Å²) in [6.45, 7) is 3.87. The smallest absolute Gasteiger partial charge is 0.244 e. The number of sulfonamides is 1. The standard InChI is InChI=1S/C12H17N3O3S/c1-8-3-4-10(13)9(2)12(8)19(17,18)15-6-5-14-11(16)7-15/h3-4H,5-7,13H2,1-2H3,(H,14,16). The van der Waals surface area contributed by atoms with Crippen molar-refractivity contribution in [3.05, 3.63) is 23.3 Å². The Bertz CT molecular complexity index is 625. The van der Waals surface area contributed by atoms with Crippen molar-refractivity contribution in [2.45, 2.75) is 18.7 Å². The van der Waals surface area contributed by atoms with Crippen molar-refractivity contribution in [2.75, 3.05) is 25.4 Å². The zero-order chi connectivity index (χ0) is 14.2. The summed E-state index contributed by atoms with van der Waals surface area (Å²) in [5.41, 5.74) is 7.39. The first kappa shape index (κ1) is 13.8. The second kappa shape index (κ2) is 4.82. The third-order valence-electron chi connectivity index (χ3n) is 3.25. The third kappa shape index (κ3) is 2.43. The minimum atomic E-state index is -3.69. The molecule has 1 saturated heterocycles. The topological polar surface area (TPSA) is 92.5 Å². The molecule has 0 bridgehead atoms. The van der Waals surface area contributed by atoms with Crippen molar-refractivity contribution in [1.82, 2.24) is 9.62 Å². The summed E-state index contributed by atoms with van der Waals surface area (Å²) >= 11 is 0. The molecule has 1 aromatic carbocycles. The number of benzene rings is 1. The Kier molecular flexibility index (Phi) is 3.51. The van der Waals surface area contributed by atoms with E-state index >= 15 is 0 Å². The predicted molar refractivity (Wildman–Crippen MR) is 72.1 cm³/mol. The normalized spacial score (nSPS) is 17.3. The number of rotatable bonds is 2. The lowest BCUT2D eigenvalue weighted by molar-refractivity contribution is -0.122. The quantitative estimate of drug-likeness (QED) is 0.748. The fourth-order valence-electron chi connectivity index (χ4n) is 2.19. The summed E-state index contributed by atoms with van der Waals surface area (Å²) < 4.78 is 26.4. The number of nitrogen functional groups attached to an aromatic ring is 1. The Hall–Kier alpha value is -1.60. The molecule has 6 nitrogen and oxygen atoms in total. The number of anilines is 1. The van der Waals surface area contributed by atoms with Crippen LogP contribution in [-0.2, 0) is 14.8 Å². The Morgan fingerprint density at radius 3 is 2.63 bits per heavy atom. The molecule has 1 heterocycles. The van der Waals surface area contributed by atoms with Crippen molar-refractivity contribution >= 4 is 21.6 Å². The molecule has 2 rings (SSSR count). The second-order valence-electron chi connectivity index (χ2n) is 4.61. The molecule has 1 fully saturated rings. The third-order valence-corrected chi connectivity index (χ3v) is 5.38. The van der Waals surface area contributed by atoms with E-state index < -0.39 is 10.0 Å². The summed E-state index contributed by atoms with van der Waals surface area (Å²) in [5, 5.41) is 2.61. The van der Waals surface area contributed by atoms with E-state index in [9.17, 15) is 13.2 Å². The largest absolute Gasteiger partial charge is 0.398 e. The zero-order valence-electron chi connectivity index (χ0n) is 10.9. The van der Waals surface area contributed by atoms with Crippen LogP contribution in [-0.4, -0.2) is 38.3 Å². The molecule has 0 spiro atoms. The highest BCUT2D eigenvalue weighted by Crippen LogP contribution is 2.27. The monoisotopic (exact) mass is 283 g/mol. The molecule has 104 valence electrons. The first-order valence-corrected chi connectivity index (χ1v) is 7.40. The molecule has 1 amide bonds. The van der Waals surface area contributed by atoms with Crippen LogP contribution >= 0.6 is 0 Å². The zero-order valence-corrected chi connectivity index (χ0v) is 11.8. The van der Waals surface area contributed by atoms with Gasteiger partial charge in [-0.25, -0.2) is 8.42 Å². The minimum Gasteiger partial charge on any atom is -0.398 e. The number of nitrogens with one attached hydrogen (secondary N) is 1. The molecule has 3 N–H and O–H groups in total. The molecule has 7 heteroatoms. The summed E-state index contributed by atoms with van der Waals surface area (Å²) in [7, 11) is -3.69. The number of carbonyl (C=O) groups excluding carboxylic acids is 1. The van der Waals surface area contributed by atoms with Gasteiger partial charge in [-0.1, -0.05) is 6.07 Å². The van der Waals surface area contributed by atoms with Crippen LogP contribution in [0.4, 0.5) is 5.69 Å². The van der Waals surface area contributed by atoms with E-state index in [1.165, 1.54) is 4.31 Å². The summed E-state index contributed by atoms with van der Waals surface area (Å²) in [6, 6.07) is 3.37. The van der Waals surface area contributed by atoms with Gasteiger partial charge in [0.1, 0.15) is 0 Å². The molecule has 0 atom stereocenters. The lowest BCUT2D eigenvalue weighted by Crippen LogP contribution is -2.50. The molecule has 0 aliphatic carbocycles. The van der Waals surface area contributed by atoms with E-state index in [1.807, 2.05) is 0 Å². The molecular weight excluding hydrogens is 266 g/mol. The number of aryl methyl sites for hydroxylation is 1. The van der Waals surface area contributed by atoms with Gasteiger partial charge in [-0.05, 0) is 31.0 Å². The second-order valence-corrected chi connectivity index (χ2v) is 6.49. The van der Waals surface area contributed by atoms with Crippen LogP contribution in [0.5, 0.6) is 0 Å². The van der Waals surface area contributed by atoms with Gasteiger partial charge in [0.15, 0.2) is 0 Å². The molecule has 1 aromatic rings. The van der Waals surface area contributed by atoms with E-state index in [4.69, 9.17) is 5.73 Å². The Morgan fingerprint density at radius 1 is 1.32 bits per heavy atom. The van der Waals surface area contributed by atoms with Crippen molar-refractivity contribution in [3.8, 4) is 0 Å². The maximum atomic E-state index is 12.6. The number of nitrogens with zero attached hydrogens (tertiary/aromatic N) is 1. The van der Waals surface area contributed by atoms with Crippen LogP contribution in [0.3, 0.4) is 0 Å². The van der Waals surface area contributed by atoms with Crippen LogP contribution in [0.2, 0.25) is 0 Å². The number of carbonyl (C=O) groups is 1. The van der Waals surface area contributed by atoms with Crippen molar-refractivity contribution < 1.29 is 13.2 Å². The van der Waals surface area contributed by atoms with Gasteiger partial charge in [-0.2, -0.15) is 4.31 Å². The molecular formula is C12H17N3O3S. The first-order valence-electron chi connectivity index (χ1n) is 5.96. The fraction of sp³-hybridized carbons (Fsp3) is 0.417. The summed E-state index contributed by atoms with van der Waals surface area (Å²) in [4.78, 5) is 11.6. The van der Waals surface area contributed by atoms with Gasteiger partial charge >= 0.3 is 0 Å². The molecule has 0 aromatic heterocycles. The Balaban J connectivity index is 2.51. The maximum absolute atomic E-state index is 12.6. The van der Waals surface area contributed by atoms with E-state index in [0.29, 0.717) is 23.4 Å². The number of amides is 1. The molecule has 0 unspecified atom stereocenters. The first-order chi connectivity index (χ1) is 8.84. The molecule has 19 heavy (non-hydrogen) atoms. The van der Waals surface area contributed by atoms with Gasteiger partial charge in [-0.15, -0.1) is 0 Å². The molecule has 0 saturated carbocycles. The minimum absolute atomic E-state index is 0.143. The maximum Gasteiger partial charge on any atom is 0.244 e. The Labute approximate surface area is 112 Å². The van der Waals surface area contributed by atoms with E-state index in [0.717, 1.165) is 0 Å². The predicted octanol–water partition coefficient (Wildman–Crippen LogP) is 0.00614.